The van der Waals surface area contributed by atoms with Crippen molar-refractivity contribution in [2.75, 3.05) is 45.7 Å². The normalized spacial score (nSPS) is 16.1. The number of hydrogen-bond donors (Lipinski definition) is 1. The van der Waals surface area contributed by atoms with Gasteiger partial charge in [-0.25, -0.2) is 4.98 Å². The van der Waals surface area contributed by atoms with E-state index in [1.165, 1.54) is 5.56 Å². The fraction of sp³-hybridized carbons (Fsp3) is 0.350. The second-order valence-corrected chi connectivity index (χ2v) is 7.78. The van der Waals surface area contributed by atoms with Gasteiger partial charge in [-0.15, -0.1) is 0 Å². The van der Waals surface area contributed by atoms with Crippen molar-refractivity contribution in [3.8, 4) is 5.75 Å². The van der Waals surface area contributed by atoms with E-state index in [0.29, 0.717) is 0 Å². The molecule has 1 saturated heterocycles. The zero-order chi connectivity index (χ0) is 17.9. The number of piperazine rings is 1. The first-order valence-electron chi connectivity index (χ1n) is 8.91. The van der Waals surface area contributed by atoms with Gasteiger partial charge >= 0.3 is 0 Å². The van der Waals surface area contributed by atoms with Crippen LogP contribution in [-0.4, -0.2) is 55.1 Å². The van der Waals surface area contributed by atoms with Gasteiger partial charge in [-0.2, -0.15) is 0 Å². The first kappa shape index (κ1) is 17.3. The van der Waals surface area contributed by atoms with Crippen molar-refractivity contribution in [2.45, 2.75) is 6.54 Å². The predicted octanol–water partition coefficient (Wildman–Crippen LogP) is 3.80. The Morgan fingerprint density at radius 3 is 2.58 bits per heavy atom. The van der Waals surface area contributed by atoms with Crippen LogP contribution in [-0.2, 0) is 6.54 Å². The minimum Gasteiger partial charge on any atom is -0.497 e. The van der Waals surface area contributed by atoms with Crippen LogP contribution in [0.5, 0.6) is 5.75 Å². The number of likely N-dealkylation sites (N-methyl/N-ethyl adjacent to an activating group) is 1. The molecule has 0 atom stereocenters. The molecule has 3 aromatic rings. The number of hydrogen-bond acceptors (Lipinski definition) is 6. The third-order valence-corrected chi connectivity index (χ3v) is 5.74. The van der Waals surface area contributed by atoms with E-state index in [1.54, 1.807) is 18.4 Å². The molecule has 1 aliphatic rings. The van der Waals surface area contributed by atoms with Gasteiger partial charge in [0.15, 0.2) is 5.13 Å². The third-order valence-electron chi connectivity index (χ3n) is 4.80. The second kappa shape index (κ2) is 7.61. The van der Waals surface area contributed by atoms with Gasteiger partial charge in [-0.1, -0.05) is 23.5 Å². The number of anilines is 2. The van der Waals surface area contributed by atoms with E-state index in [4.69, 9.17) is 4.74 Å². The van der Waals surface area contributed by atoms with Crippen LogP contribution in [0.4, 0.5) is 10.8 Å². The van der Waals surface area contributed by atoms with Crippen molar-refractivity contribution >= 4 is 32.4 Å². The summed E-state index contributed by atoms with van der Waals surface area (Å²) in [7, 11) is 3.88. The van der Waals surface area contributed by atoms with E-state index in [1.807, 2.05) is 18.2 Å². The van der Waals surface area contributed by atoms with Crippen LogP contribution >= 0.6 is 11.3 Å². The van der Waals surface area contributed by atoms with Crippen molar-refractivity contribution in [3.05, 3.63) is 48.0 Å². The average Bonchev–Trinajstić information content (AvgIpc) is 3.06. The number of fused-ring (bicyclic) bond motifs is 1. The van der Waals surface area contributed by atoms with Crippen molar-refractivity contribution in [1.82, 2.24) is 14.8 Å². The summed E-state index contributed by atoms with van der Waals surface area (Å²) in [6, 6.07) is 14.6. The molecule has 1 fully saturated rings. The highest BCUT2D eigenvalue weighted by Gasteiger charge is 2.13. The molecule has 0 saturated carbocycles. The SMILES string of the molecule is COc1ccc2nc(Nc3ccc(CN4CCN(C)CC4)cc3)sc2c1. The Morgan fingerprint density at radius 2 is 1.85 bits per heavy atom. The van der Waals surface area contributed by atoms with Gasteiger partial charge < -0.3 is 15.0 Å². The molecule has 0 aliphatic carbocycles. The number of nitrogens with one attached hydrogen (secondary N) is 1. The van der Waals surface area contributed by atoms with E-state index in [-0.39, 0.29) is 0 Å². The number of nitrogens with zero attached hydrogens (tertiary/aromatic N) is 3. The maximum atomic E-state index is 5.28. The molecule has 2 aromatic carbocycles. The first-order valence-corrected chi connectivity index (χ1v) is 9.73. The Hall–Kier alpha value is -2.15. The van der Waals surface area contributed by atoms with Crippen LogP contribution in [0.15, 0.2) is 42.5 Å². The quantitative estimate of drug-likeness (QED) is 0.742. The number of thiazole rings is 1. The fourth-order valence-electron chi connectivity index (χ4n) is 3.17. The molecule has 1 N–H and O–H groups in total. The maximum absolute atomic E-state index is 5.28. The minimum absolute atomic E-state index is 0.862. The molecule has 0 spiro atoms. The summed E-state index contributed by atoms with van der Waals surface area (Å²) in [4.78, 5) is 9.55. The Morgan fingerprint density at radius 1 is 1.08 bits per heavy atom. The van der Waals surface area contributed by atoms with Gasteiger partial charge in [0.25, 0.3) is 0 Å². The Balaban J connectivity index is 1.41. The molecule has 0 unspecified atom stereocenters. The summed E-state index contributed by atoms with van der Waals surface area (Å²) < 4.78 is 6.41. The van der Waals surface area contributed by atoms with Gasteiger partial charge in [0.05, 0.1) is 17.3 Å². The largest absolute Gasteiger partial charge is 0.497 e. The highest BCUT2D eigenvalue weighted by atomic mass is 32.1. The first-order chi connectivity index (χ1) is 12.7. The molecule has 6 heteroatoms. The molecule has 0 radical (unpaired) electrons. The summed E-state index contributed by atoms with van der Waals surface area (Å²) in [5.41, 5.74) is 3.41. The lowest BCUT2D eigenvalue weighted by atomic mass is 10.2. The van der Waals surface area contributed by atoms with E-state index in [2.05, 4.69) is 51.4 Å². The average molecular weight is 369 g/mol. The van der Waals surface area contributed by atoms with Crippen LogP contribution in [0.3, 0.4) is 0 Å². The lowest BCUT2D eigenvalue weighted by Crippen LogP contribution is -2.43. The van der Waals surface area contributed by atoms with Crippen LogP contribution in [0.1, 0.15) is 5.56 Å². The molecule has 1 aliphatic heterocycles. The molecule has 136 valence electrons. The van der Waals surface area contributed by atoms with Crippen LogP contribution in [0, 0.1) is 0 Å². The number of methoxy groups -OCH3 is 1. The van der Waals surface area contributed by atoms with Crippen LogP contribution in [0.25, 0.3) is 10.2 Å². The molecule has 5 nitrogen and oxygen atoms in total. The Labute approximate surface area is 158 Å². The molecule has 4 rings (SSSR count). The lowest BCUT2D eigenvalue weighted by Gasteiger charge is -2.32. The van der Waals surface area contributed by atoms with Crippen molar-refractivity contribution in [1.29, 1.82) is 0 Å². The maximum Gasteiger partial charge on any atom is 0.188 e. The Bertz CT molecular complexity index is 869. The van der Waals surface area contributed by atoms with Gasteiger partial charge in [-0.3, -0.25) is 4.90 Å². The third kappa shape index (κ3) is 3.98. The number of aromatic nitrogens is 1. The van der Waals surface area contributed by atoms with Crippen molar-refractivity contribution in [3.63, 3.8) is 0 Å². The number of ether oxygens (including phenoxy) is 1. The highest BCUT2D eigenvalue weighted by molar-refractivity contribution is 7.22. The second-order valence-electron chi connectivity index (χ2n) is 6.75. The summed E-state index contributed by atoms with van der Waals surface area (Å²) in [6.45, 7) is 5.62. The molecule has 1 aromatic heterocycles. The van der Waals surface area contributed by atoms with Gasteiger partial charge in [-0.05, 0) is 42.9 Å². The summed E-state index contributed by atoms with van der Waals surface area (Å²) in [5, 5.41) is 4.32. The van der Waals surface area contributed by atoms with Crippen LogP contribution < -0.4 is 10.1 Å². The molecule has 0 amide bonds. The zero-order valence-electron chi connectivity index (χ0n) is 15.2. The van der Waals surface area contributed by atoms with Gasteiger partial charge in [0.2, 0.25) is 0 Å². The van der Waals surface area contributed by atoms with Crippen LogP contribution in [0.2, 0.25) is 0 Å². The Kier molecular flexibility index (Phi) is 5.06. The van der Waals surface area contributed by atoms with E-state index < -0.39 is 0 Å². The van der Waals surface area contributed by atoms with Gasteiger partial charge in [0, 0.05) is 38.4 Å². The summed E-state index contributed by atoms with van der Waals surface area (Å²) >= 11 is 1.64. The molecular weight excluding hydrogens is 344 g/mol. The molecule has 26 heavy (non-hydrogen) atoms. The van der Waals surface area contributed by atoms with Crippen molar-refractivity contribution in [2.24, 2.45) is 0 Å². The predicted molar refractivity (Wildman–Crippen MR) is 109 cm³/mol. The monoisotopic (exact) mass is 368 g/mol. The minimum atomic E-state index is 0.862. The number of benzene rings is 2. The van der Waals surface area contributed by atoms with Gasteiger partial charge in [0.1, 0.15) is 5.75 Å². The van der Waals surface area contributed by atoms with E-state index in [0.717, 1.165) is 59.5 Å². The highest BCUT2D eigenvalue weighted by Crippen LogP contribution is 2.31. The summed E-state index contributed by atoms with van der Waals surface area (Å²) in [5.74, 6) is 0.862. The summed E-state index contributed by atoms with van der Waals surface area (Å²) in [6.07, 6.45) is 0. The van der Waals surface area contributed by atoms with Crippen molar-refractivity contribution < 1.29 is 4.74 Å². The standard InChI is InChI=1S/C20H24N4OS/c1-23-9-11-24(12-10-23)14-15-3-5-16(6-4-15)21-20-22-18-8-7-17(25-2)13-19(18)26-20/h3-8,13H,9-12,14H2,1-2H3,(H,21,22). The smallest absolute Gasteiger partial charge is 0.188 e. The topological polar surface area (TPSA) is 40.6 Å². The number of rotatable bonds is 5. The van der Waals surface area contributed by atoms with E-state index >= 15 is 0 Å². The molecule has 0 bridgehead atoms. The van der Waals surface area contributed by atoms with E-state index in [9.17, 15) is 0 Å². The lowest BCUT2D eigenvalue weighted by molar-refractivity contribution is 0.148. The fourth-order valence-corrected chi connectivity index (χ4v) is 4.08. The zero-order valence-corrected chi connectivity index (χ0v) is 16.1. The molecular formula is C20H24N4OS. The molecule has 2 heterocycles.